The predicted octanol–water partition coefficient (Wildman–Crippen LogP) is 2.51. The van der Waals surface area contributed by atoms with Gasteiger partial charge in [-0.15, -0.1) is 12.3 Å². The number of methoxy groups -OCH3 is 1. The summed E-state index contributed by atoms with van der Waals surface area (Å²) >= 11 is 0. The average molecular weight is 434 g/mol. The summed E-state index contributed by atoms with van der Waals surface area (Å²) < 4.78 is 28.3. The molecule has 3 rings (SSSR count). The Hall–Kier alpha value is -2.15. The van der Waals surface area contributed by atoms with Crippen LogP contribution in [0.3, 0.4) is 0 Å². The first-order valence-corrected chi connectivity index (χ1v) is 10.7. The molecule has 0 bridgehead atoms. The van der Waals surface area contributed by atoms with Gasteiger partial charge >= 0.3 is 6.09 Å². The number of fused-ring (bicyclic) bond motifs is 1. The lowest BCUT2D eigenvalue weighted by Gasteiger charge is -2.46. The summed E-state index contributed by atoms with van der Waals surface area (Å²) in [5.41, 5.74) is 0.833. The monoisotopic (exact) mass is 433 g/mol. The number of hydrogen-bond donors (Lipinski definition) is 2. The summed E-state index contributed by atoms with van der Waals surface area (Å²) in [6.07, 6.45) is 4.18. The SMILES string of the molecule is C#CCCCCCCNC(=O)O[C@H]1[C@@H](OC)O[C@@H]2COC(c3ccccc3)O[C@H]2[C@@H]1O. The topological polar surface area (TPSA) is 95.5 Å². The number of carbonyl (C=O) groups excluding carboxylic acids is 1. The van der Waals surface area contributed by atoms with Gasteiger partial charge in [-0.2, -0.15) is 0 Å². The van der Waals surface area contributed by atoms with Crippen molar-refractivity contribution in [2.45, 2.75) is 69.1 Å². The molecule has 1 aromatic rings. The number of nitrogens with one attached hydrogen (secondary N) is 1. The fourth-order valence-corrected chi connectivity index (χ4v) is 3.72. The predicted molar refractivity (Wildman–Crippen MR) is 112 cm³/mol. The number of aliphatic hydroxyl groups excluding tert-OH is 1. The molecule has 2 fully saturated rings. The first-order chi connectivity index (χ1) is 15.1. The zero-order valence-corrected chi connectivity index (χ0v) is 17.8. The number of alkyl carbamates (subject to hydrolysis) is 1. The number of terminal acetylenes is 1. The van der Waals surface area contributed by atoms with Crippen molar-refractivity contribution in [3.05, 3.63) is 35.9 Å². The second-order valence-electron chi connectivity index (χ2n) is 7.61. The Bertz CT molecular complexity index is 722. The molecule has 8 heteroatoms. The lowest BCUT2D eigenvalue weighted by atomic mass is 9.97. The van der Waals surface area contributed by atoms with Crippen LogP contribution in [0.5, 0.6) is 0 Å². The van der Waals surface area contributed by atoms with Crippen LogP contribution in [0, 0.1) is 12.3 Å². The van der Waals surface area contributed by atoms with Gasteiger partial charge in [-0.1, -0.05) is 43.2 Å². The van der Waals surface area contributed by atoms with E-state index in [2.05, 4.69) is 11.2 Å². The molecular formula is C23H31NO7. The number of amides is 1. The number of rotatable bonds is 9. The number of unbranched alkanes of at least 4 members (excludes halogenated alkanes) is 4. The minimum atomic E-state index is -1.13. The van der Waals surface area contributed by atoms with Gasteiger partial charge < -0.3 is 34.1 Å². The molecule has 1 amide bonds. The second kappa shape index (κ2) is 12.0. The third-order valence-electron chi connectivity index (χ3n) is 5.37. The molecule has 0 aliphatic carbocycles. The molecule has 31 heavy (non-hydrogen) atoms. The third-order valence-corrected chi connectivity index (χ3v) is 5.37. The average Bonchev–Trinajstić information content (AvgIpc) is 2.80. The van der Waals surface area contributed by atoms with E-state index in [1.54, 1.807) is 0 Å². The van der Waals surface area contributed by atoms with E-state index in [0.29, 0.717) is 6.54 Å². The Morgan fingerprint density at radius 1 is 1.23 bits per heavy atom. The molecule has 0 radical (unpaired) electrons. The molecule has 1 aromatic carbocycles. The summed E-state index contributed by atoms with van der Waals surface area (Å²) in [6.45, 7) is 0.697. The van der Waals surface area contributed by atoms with Gasteiger partial charge in [0.2, 0.25) is 0 Å². The summed E-state index contributed by atoms with van der Waals surface area (Å²) in [4.78, 5) is 12.3. The lowest BCUT2D eigenvalue weighted by molar-refractivity contribution is -0.357. The van der Waals surface area contributed by atoms with Crippen molar-refractivity contribution in [1.82, 2.24) is 5.32 Å². The quantitative estimate of drug-likeness (QED) is 0.456. The van der Waals surface area contributed by atoms with E-state index >= 15 is 0 Å². The van der Waals surface area contributed by atoms with Crippen LogP contribution < -0.4 is 5.32 Å². The van der Waals surface area contributed by atoms with Crippen LogP contribution in [0.25, 0.3) is 0 Å². The molecule has 0 saturated carbocycles. The maximum absolute atomic E-state index is 12.3. The van der Waals surface area contributed by atoms with Crippen molar-refractivity contribution in [1.29, 1.82) is 0 Å². The van der Waals surface area contributed by atoms with Crippen LogP contribution in [0.2, 0.25) is 0 Å². The van der Waals surface area contributed by atoms with Crippen molar-refractivity contribution >= 4 is 6.09 Å². The van der Waals surface area contributed by atoms with Gasteiger partial charge in [-0.3, -0.25) is 0 Å². The van der Waals surface area contributed by atoms with E-state index in [-0.39, 0.29) is 6.61 Å². The van der Waals surface area contributed by atoms with E-state index in [1.165, 1.54) is 7.11 Å². The van der Waals surface area contributed by atoms with Gasteiger partial charge in [0.05, 0.1) is 6.61 Å². The minimum absolute atomic E-state index is 0.222. The molecule has 8 nitrogen and oxygen atoms in total. The number of hydrogen-bond acceptors (Lipinski definition) is 7. The van der Waals surface area contributed by atoms with Gasteiger partial charge in [0, 0.05) is 25.6 Å². The highest BCUT2D eigenvalue weighted by Crippen LogP contribution is 2.35. The number of carbonyl (C=O) groups is 1. The van der Waals surface area contributed by atoms with Gasteiger partial charge in [0.15, 0.2) is 18.7 Å². The van der Waals surface area contributed by atoms with Crippen LogP contribution in [-0.2, 0) is 23.7 Å². The van der Waals surface area contributed by atoms with E-state index < -0.39 is 43.1 Å². The molecular weight excluding hydrogens is 402 g/mol. The maximum atomic E-state index is 12.3. The Balaban J connectivity index is 1.51. The summed E-state index contributed by atoms with van der Waals surface area (Å²) in [7, 11) is 1.43. The first-order valence-electron chi connectivity index (χ1n) is 10.7. The van der Waals surface area contributed by atoms with Gasteiger partial charge in [-0.05, 0) is 12.8 Å². The van der Waals surface area contributed by atoms with Crippen molar-refractivity contribution < 1.29 is 33.6 Å². The number of ether oxygens (including phenoxy) is 5. The summed E-state index contributed by atoms with van der Waals surface area (Å²) in [5.74, 6) is 2.61. The maximum Gasteiger partial charge on any atom is 0.407 e. The zero-order valence-electron chi connectivity index (χ0n) is 17.8. The second-order valence-corrected chi connectivity index (χ2v) is 7.61. The molecule has 2 aliphatic rings. The molecule has 0 spiro atoms. The van der Waals surface area contributed by atoms with E-state index in [9.17, 15) is 9.90 Å². The van der Waals surface area contributed by atoms with Crippen molar-refractivity contribution in [2.75, 3.05) is 20.3 Å². The Morgan fingerprint density at radius 3 is 2.74 bits per heavy atom. The molecule has 2 N–H and O–H groups in total. The minimum Gasteiger partial charge on any atom is -0.438 e. The molecule has 2 aliphatic heterocycles. The van der Waals surface area contributed by atoms with Crippen molar-refractivity contribution in [2.24, 2.45) is 0 Å². The molecule has 0 aromatic heterocycles. The van der Waals surface area contributed by atoms with Gasteiger partial charge in [0.1, 0.15) is 18.3 Å². The number of aliphatic hydroxyl groups is 1. The molecule has 170 valence electrons. The van der Waals surface area contributed by atoms with Crippen molar-refractivity contribution in [3.8, 4) is 12.3 Å². The summed E-state index contributed by atoms with van der Waals surface area (Å²) in [5, 5.41) is 13.6. The standard InChI is InChI=1S/C23H31NO7/c1-3-4-5-6-7-11-14-24-23(26)31-20-18(25)19-17(29-22(20)27-2)15-28-21(30-19)16-12-9-8-10-13-16/h1,8-10,12-13,17-22,25H,4-7,11,14-15H2,2H3,(H,24,26)/t17-,18+,19-,20-,21?,22+/m1/s1. The van der Waals surface area contributed by atoms with E-state index in [1.807, 2.05) is 30.3 Å². The molecule has 2 saturated heterocycles. The van der Waals surface area contributed by atoms with Crippen LogP contribution >= 0.6 is 0 Å². The van der Waals surface area contributed by atoms with Crippen molar-refractivity contribution in [3.63, 3.8) is 0 Å². The highest BCUT2D eigenvalue weighted by atomic mass is 16.8. The third kappa shape index (κ3) is 6.42. The highest BCUT2D eigenvalue weighted by Gasteiger charge is 2.51. The van der Waals surface area contributed by atoms with Crippen LogP contribution in [0.4, 0.5) is 4.79 Å². The van der Waals surface area contributed by atoms with Gasteiger partial charge in [0.25, 0.3) is 0 Å². The Labute approximate surface area is 183 Å². The van der Waals surface area contributed by atoms with E-state index in [0.717, 1.165) is 37.7 Å². The largest absolute Gasteiger partial charge is 0.438 e. The fourth-order valence-electron chi connectivity index (χ4n) is 3.72. The zero-order chi connectivity index (χ0) is 22.1. The van der Waals surface area contributed by atoms with Gasteiger partial charge in [-0.25, -0.2) is 4.79 Å². The normalized spacial score (nSPS) is 30.1. The first kappa shape index (κ1) is 23.5. The number of benzene rings is 1. The highest BCUT2D eigenvalue weighted by molar-refractivity contribution is 5.67. The smallest absolute Gasteiger partial charge is 0.407 e. The Kier molecular flexibility index (Phi) is 9.13. The molecule has 1 unspecified atom stereocenters. The Morgan fingerprint density at radius 2 is 2.00 bits per heavy atom. The van der Waals surface area contributed by atoms with E-state index in [4.69, 9.17) is 30.1 Å². The lowest BCUT2D eigenvalue weighted by Crippen LogP contribution is -2.63. The van der Waals surface area contributed by atoms with Crippen LogP contribution in [-0.4, -0.2) is 62.2 Å². The molecule has 2 heterocycles. The fraction of sp³-hybridized carbons (Fsp3) is 0.609. The summed E-state index contributed by atoms with van der Waals surface area (Å²) in [6, 6.07) is 9.43. The van der Waals surface area contributed by atoms with Crippen LogP contribution in [0.15, 0.2) is 30.3 Å². The van der Waals surface area contributed by atoms with Crippen LogP contribution in [0.1, 0.15) is 44.0 Å². The molecule has 6 atom stereocenters.